The van der Waals surface area contributed by atoms with Gasteiger partial charge < -0.3 is 15.2 Å². The predicted octanol–water partition coefficient (Wildman–Crippen LogP) is 3.47. The highest BCUT2D eigenvalue weighted by Gasteiger charge is 2.18. The van der Waals surface area contributed by atoms with Crippen LogP contribution >= 0.6 is 0 Å². The third kappa shape index (κ3) is 3.52. The smallest absolute Gasteiger partial charge is 0.138 e. The second-order valence-corrected chi connectivity index (χ2v) is 4.99. The first-order valence-corrected chi connectivity index (χ1v) is 6.73. The van der Waals surface area contributed by atoms with Gasteiger partial charge in [-0.15, -0.1) is 0 Å². The molecule has 0 aliphatic rings. The van der Waals surface area contributed by atoms with Crippen molar-refractivity contribution in [2.24, 2.45) is 5.73 Å². The first-order valence-electron chi connectivity index (χ1n) is 6.73. The maximum Gasteiger partial charge on any atom is 0.138 e. The number of hydrogen-bond acceptors (Lipinski definition) is 3. The molecule has 0 fully saturated rings. The van der Waals surface area contributed by atoms with Gasteiger partial charge in [-0.1, -0.05) is 35.9 Å². The fraction of sp³-hybridized carbons (Fsp3) is 0.294. The lowest BCUT2D eigenvalue weighted by molar-refractivity contribution is 0.180. The van der Waals surface area contributed by atoms with Crippen LogP contribution in [0.15, 0.2) is 48.5 Å². The van der Waals surface area contributed by atoms with E-state index in [9.17, 15) is 0 Å². The summed E-state index contributed by atoms with van der Waals surface area (Å²) in [6.45, 7) is 4.01. The minimum absolute atomic E-state index is 0.107. The minimum Gasteiger partial charge on any atom is -0.497 e. The molecule has 2 aromatic carbocycles. The van der Waals surface area contributed by atoms with Crippen LogP contribution in [0.4, 0.5) is 0 Å². The average molecular weight is 271 g/mol. The normalized spacial score (nSPS) is 13.6. The molecule has 3 heteroatoms. The number of hydrogen-bond donors (Lipinski definition) is 1. The zero-order chi connectivity index (χ0) is 14.5. The summed E-state index contributed by atoms with van der Waals surface area (Å²) < 4.78 is 11.2. The third-order valence-electron chi connectivity index (χ3n) is 3.19. The zero-order valence-corrected chi connectivity index (χ0v) is 12.2. The van der Waals surface area contributed by atoms with E-state index in [1.807, 2.05) is 31.2 Å². The van der Waals surface area contributed by atoms with Gasteiger partial charge in [0.05, 0.1) is 7.11 Å². The summed E-state index contributed by atoms with van der Waals surface area (Å²) >= 11 is 0. The van der Waals surface area contributed by atoms with Gasteiger partial charge in [0.25, 0.3) is 0 Å². The van der Waals surface area contributed by atoms with E-state index in [1.54, 1.807) is 7.11 Å². The molecule has 0 saturated carbocycles. The molecule has 3 nitrogen and oxygen atoms in total. The van der Waals surface area contributed by atoms with Crippen LogP contribution in [0.1, 0.15) is 24.2 Å². The highest BCUT2D eigenvalue weighted by molar-refractivity contribution is 5.34. The first kappa shape index (κ1) is 14.4. The largest absolute Gasteiger partial charge is 0.497 e. The quantitative estimate of drug-likeness (QED) is 0.905. The van der Waals surface area contributed by atoms with Crippen molar-refractivity contribution < 1.29 is 9.47 Å². The number of aryl methyl sites for hydroxylation is 1. The fourth-order valence-electron chi connectivity index (χ4n) is 2.06. The molecule has 2 aromatic rings. The molecule has 0 aliphatic heterocycles. The molecule has 2 rings (SSSR count). The molecule has 0 aromatic heterocycles. The Morgan fingerprint density at radius 1 is 1.00 bits per heavy atom. The monoisotopic (exact) mass is 271 g/mol. The molecular weight excluding hydrogens is 250 g/mol. The molecule has 2 atom stereocenters. The number of methoxy groups -OCH3 is 1. The summed E-state index contributed by atoms with van der Waals surface area (Å²) in [6.07, 6.45) is -0.178. The molecular formula is C17H21NO2. The lowest BCUT2D eigenvalue weighted by atomic mass is 10.0. The second-order valence-electron chi connectivity index (χ2n) is 4.99. The first-order chi connectivity index (χ1) is 9.60. The van der Waals surface area contributed by atoms with Gasteiger partial charge in [0, 0.05) is 12.1 Å². The van der Waals surface area contributed by atoms with Crippen molar-refractivity contribution >= 4 is 0 Å². The predicted molar refractivity (Wildman–Crippen MR) is 81.2 cm³/mol. The van der Waals surface area contributed by atoms with E-state index in [1.165, 1.54) is 5.56 Å². The van der Waals surface area contributed by atoms with Gasteiger partial charge in [-0.2, -0.15) is 0 Å². The summed E-state index contributed by atoms with van der Waals surface area (Å²) in [5.41, 5.74) is 8.37. The lowest BCUT2D eigenvalue weighted by Crippen LogP contribution is -2.29. The zero-order valence-electron chi connectivity index (χ0n) is 12.2. The van der Waals surface area contributed by atoms with E-state index in [4.69, 9.17) is 15.2 Å². The van der Waals surface area contributed by atoms with Crippen molar-refractivity contribution in [2.45, 2.75) is 26.0 Å². The van der Waals surface area contributed by atoms with Crippen molar-refractivity contribution in [3.8, 4) is 11.5 Å². The third-order valence-corrected chi connectivity index (χ3v) is 3.19. The van der Waals surface area contributed by atoms with E-state index in [0.29, 0.717) is 0 Å². The van der Waals surface area contributed by atoms with Crippen LogP contribution in [0, 0.1) is 6.92 Å². The Morgan fingerprint density at radius 3 is 2.25 bits per heavy atom. The molecule has 2 N–H and O–H groups in total. The minimum atomic E-state index is -0.178. The lowest BCUT2D eigenvalue weighted by Gasteiger charge is -2.23. The van der Waals surface area contributed by atoms with Gasteiger partial charge >= 0.3 is 0 Å². The standard InChI is InChI=1S/C17H21NO2/c1-12-7-9-14(10-8-12)17(13(2)18)20-16-6-4-5-15(11-16)19-3/h4-11,13,17H,18H2,1-3H3. The SMILES string of the molecule is COc1cccc(OC(c2ccc(C)cc2)C(C)N)c1. The van der Waals surface area contributed by atoms with Crippen molar-refractivity contribution in [2.75, 3.05) is 7.11 Å². The summed E-state index contributed by atoms with van der Waals surface area (Å²) in [5, 5.41) is 0. The van der Waals surface area contributed by atoms with Gasteiger partial charge in [-0.25, -0.2) is 0 Å². The van der Waals surface area contributed by atoms with Gasteiger partial charge in [0.2, 0.25) is 0 Å². The van der Waals surface area contributed by atoms with Crippen LogP contribution < -0.4 is 15.2 Å². The van der Waals surface area contributed by atoms with Crippen molar-refractivity contribution in [3.63, 3.8) is 0 Å². The Labute approximate surface area is 120 Å². The maximum absolute atomic E-state index is 6.07. The van der Waals surface area contributed by atoms with Crippen LogP contribution in [0.5, 0.6) is 11.5 Å². The summed E-state index contributed by atoms with van der Waals surface area (Å²) in [4.78, 5) is 0. The number of rotatable bonds is 5. The van der Waals surface area contributed by atoms with Crippen LogP contribution in [0.2, 0.25) is 0 Å². The van der Waals surface area contributed by atoms with E-state index in [2.05, 4.69) is 31.2 Å². The second kappa shape index (κ2) is 6.44. The van der Waals surface area contributed by atoms with E-state index in [-0.39, 0.29) is 12.1 Å². The summed E-state index contributed by atoms with van der Waals surface area (Å²) in [6, 6.07) is 15.7. The number of ether oxygens (including phenoxy) is 2. The molecule has 2 unspecified atom stereocenters. The molecule has 106 valence electrons. The highest BCUT2D eigenvalue weighted by atomic mass is 16.5. The summed E-state index contributed by atoms with van der Waals surface area (Å²) in [7, 11) is 1.64. The average Bonchev–Trinajstić information content (AvgIpc) is 2.46. The summed E-state index contributed by atoms with van der Waals surface area (Å²) in [5.74, 6) is 1.53. The van der Waals surface area contributed by atoms with Crippen molar-refractivity contribution in [1.82, 2.24) is 0 Å². The van der Waals surface area contributed by atoms with Crippen molar-refractivity contribution in [3.05, 3.63) is 59.7 Å². The van der Waals surface area contributed by atoms with Crippen LogP contribution in [0.3, 0.4) is 0 Å². The fourth-order valence-corrected chi connectivity index (χ4v) is 2.06. The Hall–Kier alpha value is -2.00. The molecule has 20 heavy (non-hydrogen) atoms. The number of benzene rings is 2. The molecule has 0 aliphatic carbocycles. The number of nitrogens with two attached hydrogens (primary N) is 1. The molecule has 0 bridgehead atoms. The Kier molecular flexibility index (Phi) is 4.64. The molecule has 0 amide bonds. The Balaban J connectivity index is 2.23. The van der Waals surface area contributed by atoms with Crippen molar-refractivity contribution in [1.29, 1.82) is 0 Å². The van der Waals surface area contributed by atoms with Crippen LogP contribution in [0.25, 0.3) is 0 Å². The molecule has 0 saturated heterocycles. The van der Waals surface area contributed by atoms with Gasteiger partial charge in [0.1, 0.15) is 17.6 Å². The van der Waals surface area contributed by atoms with E-state index < -0.39 is 0 Å². The van der Waals surface area contributed by atoms with E-state index in [0.717, 1.165) is 17.1 Å². The van der Waals surface area contributed by atoms with Gasteiger partial charge in [-0.05, 0) is 31.5 Å². The maximum atomic E-state index is 6.07. The van der Waals surface area contributed by atoms with E-state index >= 15 is 0 Å². The van der Waals surface area contributed by atoms with Gasteiger partial charge in [0.15, 0.2) is 0 Å². The molecule has 0 heterocycles. The highest BCUT2D eigenvalue weighted by Crippen LogP contribution is 2.27. The van der Waals surface area contributed by atoms with Crippen LogP contribution in [-0.2, 0) is 0 Å². The molecule has 0 radical (unpaired) electrons. The van der Waals surface area contributed by atoms with Crippen LogP contribution in [-0.4, -0.2) is 13.2 Å². The molecule has 0 spiro atoms. The Bertz CT molecular complexity index is 549. The van der Waals surface area contributed by atoms with Gasteiger partial charge in [-0.3, -0.25) is 0 Å². The Morgan fingerprint density at radius 2 is 1.65 bits per heavy atom. The topological polar surface area (TPSA) is 44.5 Å².